The van der Waals surface area contributed by atoms with Crippen LogP contribution in [0.2, 0.25) is 0 Å². The molecule has 1 heterocycles. The second-order valence-corrected chi connectivity index (χ2v) is 3.25. The monoisotopic (exact) mass is 216 g/mol. The topological polar surface area (TPSA) is 54.7 Å². The van der Waals surface area contributed by atoms with Crippen LogP contribution in [-0.2, 0) is 4.84 Å². The second-order valence-electron chi connectivity index (χ2n) is 3.25. The zero-order chi connectivity index (χ0) is 11.4. The van der Waals surface area contributed by atoms with Crippen molar-refractivity contribution in [1.29, 1.82) is 0 Å². The Labute approximate surface area is 93.2 Å². The van der Waals surface area contributed by atoms with Crippen molar-refractivity contribution in [2.45, 2.75) is 6.92 Å². The number of phenolic OH excluding ortho intramolecular Hbond substituents is 1. The number of nitrogens with zero attached hydrogens (tertiary/aromatic N) is 2. The highest BCUT2D eigenvalue weighted by atomic mass is 16.6. The van der Waals surface area contributed by atoms with Crippen LogP contribution < -0.4 is 0 Å². The van der Waals surface area contributed by atoms with Gasteiger partial charge in [-0.05, 0) is 30.5 Å². The fourth-order valence-corrected chi connectivity index (χ4v) is 1.48. The lowest BCUT2D eigenvalue weighted by molar-refractivity contribution is 0.160. The Balaban J connectivity index is 2.52. The minimum atomic E-state index is 0.183. The highest BCUT2D eigenvalue weighted by molar-refractivity contribution is 6.01. The average Bonchev–Trinajstić information content (AvgIpc) is 2.32. The van der Waals surface area contributed by atoms with Crippen molar-refractivity contribution in [3.05, 3.63) is 36.2 Å². The standard InChI is InChI=1S/C12H12N2O2/c1-2-16-14-8-11-10-5-6-13-7-9(10)3-4-12(11)15/h3-8,15H,2H2,1H3/b14-8+. The van der Waals surface area contributed by atoms with Gasteiger partial charge in [0, 0.05) is 23.3 Å². The van der Waals surface area contributed by atoms with E-state index in [4.69, 9.17) is 4.84 Å². The Kier molecular flexibility index (Phi) is 3.00. The van der Waals surface area contributed by atoms with Crippen molar-refractivity contribution in [1.82, 2.24) is 4.98 Å². The van der Waals surface area contributed by atoms with E-state index in [2.05, 4.69) is 10.1 Å². The van der Waals surface area contributed by atoms with Crippen LogP contribution >= 0.6 is 0 Å². The van der Waals surface area contributed by atoms with Crippen molar-refractivity contribution in [3.8, 4) is 5.75 Å². The molecule has 1 aromatic heterocycles. The van der Waals surface area contributed by atoms with Crippen LogP contribution in [0.1, 0.15) is 12.5 Å². The summed E-state index contributed by atoms with van der Waals surface area (Å²) >= 11 is 0. The van der Waals surface area contributed by atoms with E-state index < -0.39 is 0 Å². The molecule has 0 bridgehead atoms. The number of aromatic hydroxyl groups is 1. The Morgan fingerprint density at radius 2 is 2.31 bits per heavy atom. The van der Waals surface area contributed by atoms with Gasteiger partial charge in [-0.3, -0.25) is 4.98 Å². The first-order chi connectivity index (χ1) is 7.83. The SMILES string of the molecule is CCO/N=C/c1c(O)ccc2cnccc12. The maximum absolute atomic E-state index is 9.74. The number of aromatic nitrogens is 1. The first-order valence-corrected chi connectivity index (χ1v) is 5.04. The molecule has 1 aromatic carbocycles. The first-order valence-electron chi connectivity index (χ1n) is 5.04. The van der Waals surface area contributed by atoms with Crippen LogP contribution in [0.5, 0.6) is 5.75 Å². The van der Waals surface area contributed by atoms with Crippen molar-refractivity contribution in [3.63, 3.8) is 0 Å². The van der Waals surface area contributed by atoms with Crippen LogP contribution in [0.3, 0.4) is 0 Å². The molecule has 2 rings (SSSR count). The molecule has 0 aliphatic heterocycles. The van der Waals surface area contributed by atoms with E-state index in [9.17, 15) is 5.11 Å². The normalized spacial score (nSPS) is 11.1. The minimum absolute atomic E-state index is 0.183. The number of hydrogen-bond acceptors (Lipinski definition) is 4. The Morgan fingerprint density at radius 3 is 3.12 bits per heavy atom. The van der Waals surface area contributed by atoms with Gasteiger partial charge in [-0.1, -0.05) is 5.16 Å². The molecular weight excluding hydrogens is 204 g/mol. The van der Waals surface area contributed by atoms with Gasteiger partial charge in [0.2, 0.25) is 0 Å². The molecule has 0 fully saturated rings. The van der Waals surface area contributed by atoms with Crippen LogP contribution in [-0.4, -0.2) is 22.9 Å². The number of fused-ring (bicyclic) bond motifs is 1. The zero-order valence-corrected chi connectivity index (χ0v) is 8.92. The summed E-state index contributed by atoms with van der Waals surface area (Å²) in [6.45, 7) is 2.35. The molecule has 0 spiro atoms. The Bertz CT molecular complexity index is 523. The molecular formula is C12H12N2O2. The predicted octanol–water partition coefficient (Wildman–Crippen LogP) is 2.31. The Morgan fingerprint density at radius 1 is 1.44 bits per heavy atom. The van der Waals surface area contributed by atoms with Gasteiger partial charge in [-0.25, -0.2) is 0 Å². The molecule has 0 aliphatic carbocycles. The first kappa shape index (κ1) is 10.4. The summed E-state index contributed by atoms with van der Waals surface area (Å²) in [7, 11) is 0. The van der Waals surface area contributed by atoms with Gasteiger partial charge in [0.15, 0.2) is 0 Å². The molecule has 0 aliphatic rings. The third-order valence-electron chi connectivity index (χ3n) is 2.22. The smallest absolute Gasteiger partial charge is 0.125 e. The molecule has 4 heteroatoms. The third-order valence-corrected chi connectivity index (χ3v) is 2.22. The van der Waals surface area contributed by atoms with E-state index in [1.807, 2.05) is 19.1 Å². The van der Waals surface area contributed by atoms with Gasteiger partial charge in [0.25, 0.3) is 0 Å². The highest BCUT2D eigenvalue weighted by Crippen LogP contribution is 2.24. The van der Waals surface area contributed by atoms with Gasteiger partial charge >= 0.3 is 0 Å². The summed E-state index contributed by atoms with van der Waals surface area (Å²) in [5.74, 6) is 0.183. The van der Waals surface area contributed by atoms with Crippen LogP contribution in [0.25, 0.3) is 10.8 Å². The molecule has 82 valence electrons. The molecule has 0 radical (unpaired) electrons. The number of oxime groups is 1. The maximum atomic E-state index is 9.74. The highest BCUT2D eigenvalue weighted by Gasteiger charge is 2.04. The number of rotatable bonds is 3. The summed E-state index contributed by atoms with van der Waals surface area (Å²) in [4.78, 5) is 8.91. The summed E-state index contributed by atoms with van der Waals surface area (Å²) < 4.78 is 0. The van der Waals surface area contributed by atoms with Gasteiger partial charge in [0.05, 0.1) is 6.21 Å². The molecule has 16 heavy (non-hydrogen) atoms. The molecule has 0 atom stereocenters. The molecule has 1 N–H and O–H groups in total. The van der Waals surface area contributed by atoms with E-state index >= 15 is 0 Å². The van der Waals surface area contributed by atoms with E-state index in [1.165, 1.54) is 6.21 Å². The number of benzene rings is 1. The number of pyridine rings is 1. The number of hydrogen-bond donors (Lipinski definition) is 1. The summed E-state index contributed by atoms with van der Waals surface area (Å²) in [5, 5.41) is 15.4. The van der Waals surface area contributed by atoms with Crippen molar-refractivity contribution < 1.29 is 9.94 Å². The van der Waals surface area contributed by atoms with Crippen molar-refractivity contribution in [2.75, 3.05) is 6.61 Å². The molecule has 4 nitrogen and oxygen atoms in total. The summed E-state index contributed by atoms with van der Waals surface area (Å²) in [6, 6.07) is 5.27. The Hall–Kier alpha value is -2.10. The van der Waals surface area contributed by atoms with Gasteiger partial charge in [0.1, 0.15) is 12.4 Å². The zero-order valence-electron chi connectivity index (χ0n) is 8.92. The van der Waals surface area contributed by atoms with Gasteiger partial charge < -0.3 is 9.94 Å². The minimum Gasteiger partial charge on any atom is -0.507 e. The van der Waals surface area contributed by atoms with E-state index in [0.717, 1.165) is 10.8 Å². The van der Waals surface area contributed by atoms with Crippen molar-refractivity contribution in [2.24, 2.45) is 5.16 Å². The lowest BCUT2D eigenvalue weighted by Crippen LogP contribution is -1.88. The molecule has 0 saturated carbocycles. The van der Waals surface area contributed by atoms with Crippen molar-refractivity contribution >= 4 is 17.0 Å². The maximum Gasteiger partial charge on any atom is 0.125 e. The summed E-state index contributed by atoms with van der Waals surface area (Å²) in [6.07, 6.45) is 4.94. The number of phenols is 1. The summed E-state index contributed by atoms with van der Waals surface area (Å²) in [5.41, 5.74) is 0.647. The van der Waals surface area contributed by atoms with Gasteiger partial charge in [-0.15, -0.1) is 0 Å². The fourth-order valence-electron chi connectivity index (χ4n) is 1.48. The van der Waals surface area contributed by atoms with E-state index in [-0.39, 0.29) is 5.75 Å². The lowest BCUT2D eigenvalue weighted by Gasteiger charge is -2.03. The molecule has 0 saturated heterocycles. The second kappa shape index (κ2) is 4.61. The average molecular weight is 216 g/mol. The molecule has 0 unspecified atom stereocenters. The van der Waals surface area contributed by atoms with Crippen LogP contribution in [0.15, 0.2) is 35.7 Å². The van der Waals surface area contributed by atoms with E-state index in [1.54, 1.807) is 18.5 Å². The van der Waals surface area contributed by atoms with E-state index in [0.29, 0.717) is 12.2 Å². The molecule has 0 amide bonds. The third kappa shape index (κ3) is 1.95. The van der Waals surface area contributed by atoms with Gasteiger partial charge in [-0.2, -0.15) is 0 Å². The fraction of sp³-hybridized carbons (Fsp3) is 0.167. The lowest BCUT2D eigenvalue weighted by atomic mass is 10.1. The predicted molar refractivity (Wildman–Crippen MR) is 62.6 cm³/mol. The quantitative estimate of drug-likeness (QED) is 0.632. The largest absolute Gasteiger partial charge is 0.507 e. The molecule has 2 aromatic rings. The van der Waals surface area contributed by atoms with Crippen LogP contribution in [0, 0.1) is 0 Å². The van der Waals surface area contributed by atoms with Crippen LogP contribution in [0.4, 0.5) is 0 Å².